The van der Waals surface area contributed by atoms with E-state index < -0.39 is 11.8 Å². The van der Waals surface area contributed by atoms with Crippen molar-refractivity contribution in [1.82, 2.24) is 4.57 Å². The van der Waals surface area contributed by atoms with Crippen LogP contribution in [0.25, 0.3) is 28.1 Å². The average Bonchev–Trinajstić information content (AvgIpc) is 3.18. The smallest absolute Gasteiger partial charge is 0.337 e. The Balaban J connectivity index is 1.95. The van der Waals surface area contributed by atoms with Gasteiger partial charge in [0, 0.05) is 33.1 Å². The number of hydrogen-bond acceptors (Lipinski definition) is 4. The molecule has 4 aromatic rings. The molecule has 0 fully saturated rings. The number of nitrogens with zero attached hydrogens (tertiary/aromatic N) is 1. The van der Waals surface area contributed by atoms with Crippen LogP contribution in [-0.4, -0.2) is 17.6 Å². The third kappa shape index (κ3) is 3.43. The summed E-state index contributed by atoms with van der Waals surface area (Å²) in [5, 5.41) is 0.537. The van der Waals surface area contributed by atoms with Crippen molar-refractivity contribution < 1.29 is 18.7 Å². The van der Waals surface area contributed by atoms with E-state index in [0.29, 0.717) is 44.4 Å². The van der Waals surface area contributed by atoms with Crippen LogP contribution in [0.4, 0.5) is 10.1 Å². The van der Waals surface area contributed by atoms with E-state index in [1.165, 1.54) is 13.2 Å². The zero-order valence-corrected chi connectivity index (χ0v) is 18.7. The third-order valence-corrected chi connectivity index (χ3v) is 6.10. The van der Waals surface area contributed by atoms with Crippen molar-refractivity contribution in [1.29, 1.82) is 0 Å². The Hall–Kier alpha value is -3.77. The van der Waals surface area contributed by atoms with Crippen LogP contribution in [0.3, 0.4) is 0 Å². The molecule has 5 rings (SSSR count). The van der Waals surface area contributed by atoms with Gasteiger partial charge in [-0.2, -0.15) is 0 Å². The first-order chi connectivity index (χ1) is 15.9. The molecule has 0 spiro atoms. The molecule has 2 N–H and O–H groups in total. The van der Waals surface area contributed by atoms with Gasteiger partial charge in [-0.25, -0.2) is 9.18 Å². The summed E-state index contributed by atoms with van der Waals surface area (Å²) in [5.74, 6) is -0.358. The lowest BCUT2D eigenvalue weighted by Gasteiger charge is -2.24. The minimum Gasteiger partial charge on any atom is -0.488 e. The molecule has 0 aliphatic carbocycles. The summed E-state index contributed by atoms with van der Waals surface area (Å²) in [7, 11) is 1.32. The summed E-state index contributed by atoms with van der Waals surface area (Å²) in [5.41, 5.74) is 11.7. The molecule has 166 valence electrons. The second kappa shape index (κ2) is 7.98. The van der Waals surface area contributed by atoms with Gasteiger partial charge in [-0.15, -0.1) is 0 Å². The van der Waals surface area contributed by atoms with E-state index in [4.69, 9.17) is 26.8 Å². The molecule has 0 radical (unpaired) electrons. The summed E-state index contributed by atoms with van der Waals surface area (Å²) in [6, 6.07) is 17.3. The van der Waals surface area contributed by atoms with E-state index in [9.17, 15) is 4.79 Å². The summed E-state index contributed by atoms with van der Waals surface area (Å²) in [4.78, 5) is 12.4. The van der Waals surface area contributed by atoms with Gasteiger partial charge in [-0.1, -0.05) is 23.7 Å². The number of ether oxygens (including phenoxy) is 2. The molecule has 1 aliphatic heterocycles. The summed E-state index contributed by atoms with van der Waals surface area (Å²) < 4.78 is 28.0. The number of nitrogens with two attached hydrogens (primary N) is 1. The summed E-state index contributed by atoms with van der Waals surface area (Å²) in [6.45, 7) is 1.94. The molecule has 0 saturated heterocycles. The molecule has 2 heterocycles. The predicted octanol–water partition coefficient (Wildman–Crippen LogP) is 6.17. The van der Waals surface area contributed by atoms with Gasteiger partial charge < -0.3 is 19.8 Å². The monoisotopic (exact) mass is 462 g/mol. The largest absolute Gasteiger partial charge is 0.488 e. The Bertz CT molecular complexity index is 1430. The fourth-order valence-electron chi connectivity index (χ4n) is 4.34. The Labute approximate surface area is 195 Å². The SMILES string of the molecule is COC(=O)c1cc(N)c2c(c1)-n1c(C)ccc1-c1cc(Cl)ccc1OCc1c(F)cccc1-2. The first-order valence-corrected chi connectivity index (χ1v) is 10.7. The molecule has 5 nitrogen and oxygen atoms in total. The lowest BCUT2D eigenvalue weighted by molar-refractivity contribution is 0.0600. The van der Waals surface area contributed by atoms with Crippen molar-refractivity contribution in [2.75, 3.05) is 12.8 Å². The number of carbonyl (C=O) groups excluding carboxylic acids is 1. The number of carbonyl (C=O) groups is 1. The maximum atomic E-state index is 15.0. The molecule has 0 amide bonds. The minimum atomic E-state index is -0.515. The van der Waals surface area contributed by atoms with Gasteiger partial charge in [0.2, 0.25) is 0 Å². The highest BCUT2D eigenvalue weighted by Crippen LogP contribution is 2.43. The molecule has 0 bridgehead atoms. The van der Waals surface area contributed by atoms with Crippen LogP contribution in [0.1, 0.15) is 21.6 Å². The number of rotatable bonds is 1. The van der Waals surface area contributed by atoms with E-state index >= 15 is 4.39 Å². The second-order valence-electron chi connectivity index (χ2n) is 7.84. The Morgan fingerprint density at radius 1 is 1.12 bits per heavy atom. The first-order valence-electron chi connectivity index (χ1n) is 10.3. The summed E-state index contributed by atoms with van der Waals surface area (Å²) in [6.07, 6.45) is 0. The molecule has 3 aromatic carbocycles. The van der Waals surface area contributed by atoms with Gasteiger partial charge in [0.05, 0.1) is 24.1 Å². The molecule has 1 aromatic heterocycles. The van der Waals surface area contributed by atoms with E-state index in [2.05, 4.69) is 0 Å². The first kappa shape index (κ1) is 21.1. The number of nitrogen functional groups attached to an aromatic ring is 1. The molecular weight excluding hydrogens is 443 g/mol. The van der Waals surface area contributed by atoms with Crippen LogP contribution >= 0.6 is 11.6 Å². The van der Waals surface area contributed by atoms with Crippen LogP contribution in [-0.2, 0) is 11.3 Å². The van der Waals surface area contributed by atoms with Crippen molar-refractivity contribution in [3.63, 3.8) is 0 Å². The van der Waals surface area contributed by atoms with Crippen LogP contribution < -0.4 is 10.5 Å². The van der Waals surface area contributed by atoms with Crippen LogP contribution in [0.5, 0.6) is 5.75 Å². The van der Waals surface area contributed by atoms with Crippen LogP contribution in [0.15, 0.2) is 60.7 Å². The molecule has 0 unspecified atom stereocenters. The molecule has 0 atom stereocenters. The van der Waals surface area contributed by atoms with Gasteiger partial charge in [0.1, 0.15) is 18.2 Å². The van der Waals surface area contributed by atoms with Crippen LogP contribution in [0, 0.1) is 12.7 Å². The number of fused-ring (bicyclic) bond motifs is 7. The Morgan fingerprint density at radius 2 is 1.94 bits per heavy atom. The lowest BCUT2D eigenvalue weighted by atomic mass is 9.94. The van der Waals surface area contributed by atoms with Crippen molar-refractivity contribution in [3.05, 3.63) is 88.3 Å². The Morgan fingerprint density at radius 3 is 2.73 bits per heavy atom. The van der Waals surface area contributed by atoms with Gasteiger partial charge in [-0.3, -0.25) is 0 Å². The number of methoxy groups -OCH3 is 1. The van der Waals surface area contributed by atoms with Crippen molar-refractivity contribution in [2.24, 2.45) is 0 Å². The fraction of sp³-hybridized carbons (Fsp3) is 0.115. The van der Waals surface area contributed by atoms with E-state index in [1.54, 1.807) is 42.5 Å². The maximum Gasteiger partial charge on any atom is 0.337 e. The standard InChI is InChI=1S/C26H20ClFN2O3/c1-14-6-8-22-18-12-16(27)7-9-24(18)33-13-19-17(4-3-5-20(19)28)25-21(29)10-15(26(31)32-2)11-23(25)30(14)22/h3-12H,13,29H2,1-2H3. The Kier molecular flexibility index (Phi) is 5.10. The number of anilines is 1. The topological polar surface area (TPSA) is 66.5 Å². The minimum absolute atomic E-state index is 0.00599. The zero-order valence-electron chi connectivity index (χ0n) is 18.0. The van der Waals surface area contributed by atoms with E-state index in [-0.39, 0.29) is 6.61 Å². The highest BCUT2D eigenvalue weighted by Gasteiger charge is 2.25. The van der Waals surface area contributed by atoms with Crippen LogP contribution in [0.2, 0.25) is 5.02 Å². The maximum absolute atomic E-state index is 15.0. The molecule has 33 heavy (non-hydrogen) atoms. The third-order valence-electron chi connectivity index (χ3n) is 5.86. The lowest BCUT2D eigenvalue weighted by Crippen LogP contribution is -2.12. The van der Waals surface area contributed by atoms with Gasteiger partial charge >= 0.3 is 5.97 Å². The highest BCUT2D eigenvalue weighted by atomic mass is 35.5. The van der Waals surface area contributed by atoms with Gasteiger partial charge in [-0.05, 0) is 61.0 Å². The van der Waals surface area contributed by atoms with Crippen molar-refractivity contribution >= 4 is 23.3 Å². The number of halogens is 2. The number of esters is 1. The number of hydrogen-bond donors (Lipinski definition) is 1. The van der Waals surface area contributed by atoms with Gasteiger partial charge in [0.15, 0.2) is 0 Å². The molecule has 0 saturated carbocycles. The number of benzene rings is 3. The van der Waals surface area contributed by atoms with Crippen molar-refractivity contribution in [2.45, 2.75) is 13.5 Å². The highest BCUT2D eigenvalue weighted by molar-refractivity contribution is 6.31. The average molecular weight is 463 g/mol. The normalized spacial score (nSPS) is 12.0. The second-order valence-corrected chi connectivity index (χ2v) is 8.28. The quantitative estimate of drug-likeness (QED) is 0.271. The number of aromatic nitrogens is 1. The fourth-order valence-corrected chi connectivity index (χ4v) is 4.51. The number of aryl methyl sites for hydroxylation is 1. The molecule has 1 aliphatic rings. The van der Waals surface area contributed by atoms with Gasteiger partial charge in [0.25, 0.3) is 0 Å². The predicted molar refractivity (Wildman–Crippen MR) is 126 cm³/mol. The van der Waals surface area contributed by atoms with E-state index in [0.717, 1.165) is 17.0 Å². The van der Waals surface area contributed by atoms with E-state index in [1.807, 2.05) is 23.6 Å². The molecule has 7 heteroatoms. The van der Waals surface area contributed by atoms with Crippen molar-refractivity contribution in [3.8, 4) is 33.8 Å². The zero-order chi connectivity index (χ0) is 23.3. The molecular formula is C26H20ClFN2O3. The summed E-state index contributed by atoms with van der Waals surface area (Å²) >= 11 is 6.33.